The summed E-state index contributed by atoms with van der Waals surface area (Å²) in [5, 5.41) is 0. The summed E-state index contributed by atoms with van der Waals surface area (Å²) < 4.78 is 37.3. The van der Waals surface area contributed by atoms with Gasteiger partial charge in [0.2, 0.25) is 0 Å². The van der Waals surface area contributed by atoms with Gasteiger partial charge in [0.25, 0.3) is 0 Å². The van der Waals surface area contributed by atoms with Crippen LogP contribution in [0.3, 0.4) is 0 Å². The number of pyridine rings is 1. The molecule has 0 aliphatic carbocycles. The molecule has 0 saturated heterocycles. The maximum Gasteiger partial charge on any atom is 0.416 e. The highest BCUT2D eigenvalue weighted by molar-refractivity contribution is 5.41. The molecule has 2 N–H and O–H groups in total. The molecule has 0 bridgehead atoms. The molecule has 0 radical (unpaired) electrons. The van der Waals surface area contributed by atoms with Gasteiger partial charge in [-0.2, -0.15) is 13.2 Å². The van der Waals surface area contributed by atoms with E-state index in [9.17, 15) is 13.2 Å². The number of nitrogens with two attached hydrogens (primary N) is 1. The highest BCUT2D eigenvalue weighted by atomic mass is 19.4. The number of alkyl halides is 3. The molecule has 0 spiro atoms. The van der Waals surface area contributed by atoms with Gasteiger partial charge in [-0.05, 0) is 19.1 Å². The lowest BCUT2D eigenvalue weighted by Gasteiger charge is -2.25. The summed E-state index contributed by atoms with van der Waals surface area (Å²) >= 11 is 0. The average Bonchev–Trinajstić information content (AvgIpc) is 2.26. The summed E-state index contributed by atoms with van der Waals surface area (Å²) in [6.45, 7) is 2.18. The summed E-state index contributed by atoms with van der Waals surface area (Å²) in [7, 11) is 1.67. The molecule has 1 heterocycles. The van der Waals surface area contributed by atoms with Crippen LogP contribution in [0.4, 0.5) is 19.0 Å². The van der Waals surface area contributed by atoms with Gasteiger partial charge in [0.05, 0.1) is 5.56 Å². The monoisotopic (exact) mass is 233 g/mol. The van der Waals surface area contributed by atoms with Crippen LogP contribution in [0, 0.1) is 0 Å². The second-order valence-electron chi connectivity index (χ2n) is 3.60. The molecule has 1 unspecified atom stereocenters. The fourth-order valence-corrected chi connectivity index (χ4v) is 1.17. The molecule has 0 aromatic carbocycles. The van der Waals surface area contributed by atoms with Crippen molar-refractivity contribution in [3.8, 4) is 0 Å². The van der Waals surface area contributed by atoms with Gasteiger partial charge < -0.3 is 10.6 Å². The molecule has 1 aromatic heterocycles. The lowest BCUT2D eigenvalue weighted by Crippen LogP contribution is -2.35. The Hall–Kier alpha value is -1.30. The van der Waals surface area contributed by atoms with Crippen molar-refractivity contribution in [2.45, 2.75) is 19.1 Å². The molecule has 0 aliphatic rings. The number of anilines is 1. The van der Waals surface area contributed by atoms with Crippen molar-refractivity contribution in [3.05, 3.63) is 23.9 Å². The molecule has 0 aliphatic heterocycles. The predicted molar refractivity (Wildman–Crippen MR) is 56.2 cm³/mol. The fraction of sp³-hybridized carbons (Fsp3) is 0.500. The zero-order valence-corrected chi connectivity index (χ0v) is 9.12. The van der Waals surface area contributed by atoms with Gasteiger partial charge in [-0.1, -0.05) is 0 Å². The second-order valence-corrected chi connectivity index (χ2v) is 3.60. The standard InChI is InChI=1S/C10H14F3N3/c1-7(6-14)16(2)9-5-8(3-4-15-9)10(11,12)13/h3-5,7H,6,14H2,1-2H3. The molecular formula is C10H14F3N3. The Morgan fingerprint density at radius 1 is 1.50 bits per heavy atom. The van der Waals surface area contributed by atoms with E-state index in [0.29, 0.717) is 6.54 Å². The third-order valence-corrected chi connectivity index (χ3v) is 2.44. The third kappa shape index (κ3) is 2.85. The lowest BCUT2D eigenvalue weighted by molar-refractivity contribution is -0.137. The normalized spacial score (nSPS) is 13.6. The second kappa shape index (κ2) is 4.69. The van der Waals surface area contributed by atoms with Gasteiger partial charge in [0, 0.05) is 25.8 Å². The van der Waals surface area contributed by atoms with Crippen LogP contribution in [0.1, 0.15) is 12.5 Å². The number of likely N-dealkylation sites (N-methyl/N-ethyl adjacent to an activating group) is 1. The predicted octanol–water partition coefficient (Wildman–Crippen LogP) is 1.88. The van der Waals surface area contributed by atoms with E-state index in [1.807, 2.05) is 6.92 Å². The van der Waals surface area contributed by atoms with Crippen LogP contribution < -0.4 is 10.6 Å². The molecule has 1 atom stereocenters. The Kier molecular flexibility index (Phi) is 3.74. The maximum atomic E-state index is 12.4. The topological polar surface area (TPSA) is 42.1 Å². The van der Waals surface area contributed by atoms with Crippen LogP contribution in [0.25, 0.3) is 0 Å². The zero-order valence-electron chi connectivity index (χ0n) is 9.12. The third-order valence-electron chi connectivity index (χ3n) is 2.44. The van der Waals surface area contributed by atoms with Gasteiger partial charge in [-0.25, -0.2) is 4.98 Å². The van der Waals surface area contributed by atoms with Crippen molar-refractivity contribution in [2.24, 2.45) is 5.73 Å². The minimum absolute atomic E-state index is 0.0593. The molecule has 1 rings (SSSR count). The SMILES string of the molecule is CC(CN)N(C)c1cc(C(F)(F)F)ccn1. The van der Waals surface area contributed by atoms with Crippen LogP contribution in [-0.2, 0) is 6.18 Å². The van der Waals surface area contributed by atoms with E-state index in [-0.39, 0.29) is 11.9 Å². The van der Waals surface area contributed by atoms with Gasteiger partial charge in [0.1, 0.15) is 5.82 Å². The number of hydrogen-bond acceptors (Lipinski definition) is 3. The molecular weight excluding hydrogens is 219 g/mol. The fourth-order valence-electron chi connectivity index (χ4n) is 1.17. The van der Waals surface area contributed by atoms with Crippen molar-refractivity contribution in [3.63, 3.8) is 0 Å². The highest BCUT2D eigenvalue weighted by Gasteiger charge is 2.31. The highest BCUT2D eigenvalue weighted by Crippen LogP contribution is 2.30. The Balaban J connectivity index is 2.99. The Morgan fingerprint density at radius 2 is 2.12 bits per heavy atom. The van der Waals surface area contributed by atoms with Crippen LogP contribution in [0.15, 0.2) is 18.3 Å². The number of hydrogen-bond donors (Lipinski definition) is 1. The average molecular weight is 233 g/mol. The summed E-state index contributed by atoms with van der Waals surface area (Å²) in [6.07, 6.45) is -3.19. The van der Waals surface area contributed by atoms with Crippen molar-refractivity contribution in [1.29, 1.82) is 0 Å². The van der Waals surface area contributed by atoms with Crippen molar-refractivity contribution in [1.82, 2.24) is 4.98 Å². The number of rotatable bonds is 3. The number of halogens is 3. The lowest BCUT2D eigenvalue weighted by atomic mass is 10.2. The van der Waals surface area contributed by atoms with Crippen LogP contribution in [0.2, 0.25) is 0 Å². The molecule has 16 heavy (non-hydrogen) atoms. The van der Waals surface area contributed by atoms with Crippen LogP contribution in [0.5, 0.6) is 0 Å². The molecule has 0 amide bonds. The first-order chi connectivity index (χ1) is 7.36. The van der Waals surface area contributed by atoms with Crippen LogP contribution in [-0.4, -0.2) is 24.6 Å². The summed E-state index contributed by atoms with van der Waals surface area (Å²) in [6, 6.07) is 1.91. The van der Waals surface area contributed by atoms with Gasteiger partial charge in [0.15, 0.2) is 0 Å². The Morgan fingerprint density at radius 3 is 2.62 bits per heavy atom. The molecule has 1 aromatic rings. The summed E-state index contributed by atoms with van der Waals surface area (Å²) in [5.74, 6) is 0.271. The maximum absolute atomic E-state index is 12.4. The molecule has 90 valence electrons. The van der Waals surface area contributed by atoms with Crippen molar-refractivity contribution < 1.29 is 13.2 Å². The van der Waals surface area contributed by atoms with Crippen molar-refractivity contribution in [2.75, 3.05) is 18.5 Å². The molecule has 3 nitrogen and oxygen atoms in total. The first-order valence-electron chi connectivity index (χ1n) is 4.82. The van der Waals surface area contributed by atoms with Gasteiger partial charge >= 0.3 is 6.18 Å². The first kappa shape index (κ1) is 12.8. The van der Waals surface area contributed by atoms with Crippen molar-refractivity contribution >= 4 is 5.82 Å². The van der Waals surface area contributed by atoms with E-state index in [2.05, 4.69) is 4.98 Å². The van der Waals surface area contributed by atoms with E-state index in [4.69, 9.17) is 5.73 Å². The minimum atomic E-state index is -4.34. The Bertz CT molecular complexity index is 351. The quantitative estimate of drug-likeness (QED) is 0.866. The smallest absolute Gasteiger partial charge is 0.356 e. The summed E-state index contributed by atoms with van der Waals surface area (Å²) in [4.78, 5) is 5.51. The molecule has 0 saturated carbocycles. The minimum Gasteiger partial charge on any atom is -0.356 e. The van der Waals surface area contributed by atoms with Crippen LogP contribution >= 0.6 is 0 Å². The number of aromatic nitrogens is 1. The number of nitrogens with zero attached hydrogens (tertiary/aromatic N) is 2. The first-order valence-corrected chi connectivity index (χ1v) is 4.82. The van der Waals surface area contributed by atoms with E-state index in [1.165, 1.54) is 0 Å². The Labute approximate surface area is 92.1 Å². The van der Waals surface area contributed by atoms with E-state index >= 15 is 0 Å². The van der Waals surface area contributed by atoms with E-state index < -0.39 is 11.7 Å². The van der Waals surface area contributed by atoms with Gasteiger partial charge in [-0.15, -0.1) is 0 Å². The largest absolute Gasteiger partial charge is 0.416 e. The summed E-state index contributed by atoms with van der Waals surface area (Å²) in [5.41, 5.74) is 4.74. The zero-order chi connectivity index (χ0) is 12.3. The van der Waals surface area contributed by atoms with E-state index in [0.717, 1.165) is 18.3 Å². The van der Waals surface area contributed by atoms with E-state index in [1.54, 1.807) is 11.9 Å². The molecule has 0 fully saturated rings. The molecule has 6 heteroatoms. The van der Waals surface area contributed by atoms with Gasteiger partial charge in [-0.3, -0.25) is 0 Å².